The van der Waals surface area contributed by atoms with Crippen LogP contribution in [0.5, 0.6) is 11.5 Å². The SMILES string of the molecule is COc1ccc(/C(O)=C2\C(=O)C(=O)N(c3nc4ccc(OC)cc4s3)[C@H]2c2ccc(Cl)cc2)cc1. The van der Waals surface area contributed by atoms with Crippen LogP contribution in [-0.4, -0.2) is 36.0 Å². The summed E-state index contributed by atoms with van der Waals surface area (Å²) >= 11 is 7.35. The molecule has 1 aliphatic heterocycles. The maximum Gasteiger partial charge on any atom is 0.301 e. The molecule has 2 heterocycles. The number of nitrogens with zero attached hydrogens (tertiary/aromatic N) is 2. The molecule has 1 saturated heterocycles. The van der Waals surface area contributed by atoms with E-state index < -0.39 is 17.7 Å². The Labute approximate surface area is 209 Å². The average molecular weight is 507 g/mol. The molecule has 0 saturated carbocycles. The molecular formula is C26H19ClN2O5S. The number of ketones is 1. The van der Waals surface area contributed by atoms with Crippen molar-refractivity contribution >= 4 is 55.7 Å². The minimum Gasteiger partial charge on any atom is -0.507 e. The number of methoxy groups -OCH3 is 2. The first-order chi connectivity index (χ1) is 16.9. The zero-order chi connectivity index (χ0) is 24.7. The summed E-state index contributed by atoms with van der Waals surface area (Å²) in [6, 6.07) is 17.9. The lowest BCUT2D eigenvalue weighted by Crippen LogP contribution is -2.29. The lowest BCUT2D eigenvalue weighted by molar-refractivity contribution is -0.132. The summed E-state index contributed by atoms with van der Waals surface area (Å²) in [5.41, 5.74) is 1.63. The molecule has 0 unspecified atom stereocenters. The lowest BCUT2D eigenvalue weighted by atomic mass is 9.95. The molecule has 0 spiro atoms. The van der Waals surface area contributed by atoms with Gasteiger partial charge in [0.05, 0.1) is 36.1 Å². The van der Waals surface area contributed by atoms with Gasteiger partial charge in [-0.15, -0.1) is 0 Å². The minimum atomic E-state index is -0.892. The van der Waals surface area contributed by atoms with Crippen molar-refractivity contribution in [3.63, 3.8) is 0 Å². The Bertz CT molecular complexity index is 1480. The lowest BCUT2D eigenvalue weighted by Gasteiger charge is -2.23. The van der Waals surface area contributed by atoms with Gasteiger partial charge in [-0.3, -0.25) is 14.5 Å². The van der Waals surface area contributed by atoms with Crippen LogP contribution in [0.4, 0.5) is 5.13 Å². The number of aromatic nitrogens is 1. The van der Waals surface area contributed by atoms with E-state index in [4.69, 9.17) is 21.1 Å². The third-order valence-electron chi connectivity index (χ3n) is 5.78. The zero-order valence-corrected chi connectivity index (χ0v) is 20.3. The van der Waals surface area contributed by atoms with Crippen LogP contribution in [0.3, 0.4) is 0 Å². The summed E-state index contributed by atoms with van der Waals surface area (Å²) in [6.45, 7) is 0. The molecule has 35 heavy (non-hydrogen) atoms. The van der Waals surface area contributed by atoms with E-state index in [0.29, 0.717) is 38.3 Å². The smallest absolute Gasteiger partial charge is 0.301 e. The van der Waals surface area contributed by atoms with Crippen molar-refractivity contribution in [2.45, 2.75) is 6.04 Å². The van der Waals surface area contributed by atoms with E-state index in [1.54, 1.807) is 67.8 Å². The van der Waals surface area contributed by atoms with Gasteiger partial charge in [-0.2, -0.15) is 0 Å². The fourth-order valence-corrected chi connectivity index (χ4v) is 5.16. The highest BCUT2D eigenvalue weighted by Gasteiger charge is 2.48. The van der Waals surface area contributed by atoms with E-state index in [1.807, 2.05) is 6.07 Å². The number of amides is 1. The first-order valence-corrected chi connectivity index (χ1v) is 11.8. The van der Waals surface area contributed by atoms with E-state index in [2.05, 4.69) is 4.98 Å². The Morgan fingerprint density at radius 2 is 1.63 bits per heavy atom. The van der Waals surface area contributed by atoms with Crippen molar-refractivity contribution in [3.8, 4) is 11.5 Å². The van der Waals surface area contributed by atoms with Crippen LogP contribution in [0.2, 0.25) is 5.02 Å². The van der Waals surface area contributed by atoms with Gasteiger partial charge in [0.15, 0.2) is 5.13 Å². The number of carbonyl (C=O) groups excluding carboxylic acids is 2. The quantitative estimate of drug-likeness (QED) is 0.215. The van der Waals surface area contributed by atoms with Crippen molar-refractivity contribution in [1.82, 2.24) is 4.98 Å². The van der Waals surface area contributed by atoms with Crippen LogP contribution in [0.15, 0.2) is 72.3 Å². The highest BCUT2D eigenvalue weighted by atomic mass is 35.5. The van der Waals surface area contributed by atoms with E-state index in [-0.39, 0.29) is 11.3 Å². The molecule has 0 bridgehead atoms. The van der Waals surface area contributed by atoms with Crippen LogP contribution in [-0.2, 0) is 9.59 Å². The number of anilines is 1. The molecule has 5 rings (SSSR count). The third kappa shape index (κ3) is 4.00. The number of thiazole rings is 1. The van der Waals surface area contributed by atoms with Gasteiger partial charge >= 0.3 is 5.91 Å². The highest BCUT2D eigenvalue weighted by Crippen LogP contribution is 2.44. The molecule has 7 nitrogen and oxygen atoms in total. The Kier molecular flexibility index (Phi) is 5.92. The van der Waals surface area contributed by atoms with Gasteiger partial charge in [-0.1, -0.05) is 35.1 Å². The predicted molar refractivity (Wildman–Crippen MR) is 135 cm³/mol. The number of aliphatic hydroxyl groups excluding tert-OH is 1. The molecule has 1 N–H and O–H groups in total. The summed E-state index contributed by atoms with van der Waals surface area (Å²) in [7, 11) is 3.11. The van der Waals surface area contributed by atoms with E-state index in [9.17, 15) is 14.7 Å². The average Bonchev–Trinajstić information content (AvgIpc) is 3.41. The zero-order valence-electron chi connectivity index (χ0n) is 18.7. The number of Topliss-reactive ketones (excluding diaryl/α,β-unsaturated/α-hetero) is 1. The first-order valence-electron chi connectivity index (χ1n) is 10.6. The Hall–Kier alpha value is -3.88. The molecule has 1 aromatic heterocycles. The Morgan fingerprint density at radius 3 is 2.29 bits per heavy atom. The number of fused-ring (bicyclic) bond motifs is 1. The number of hydrogen-bond donors (Lipinski definition) is 1. The number of ether oxygens (including phenoxy) is 2. The normalized spacial score (nSPS) is 17.2. The van der Waals surface area contributed by atoms with Crippen molar-refractivity contribution in [2.24, 2.45) is 0 Å². The molecule has 1 amide bonds. The van der Waals surface area contributed by atoms with Crippen LogP contribution < -0.4 is 14.4 Å². The summed E-state index contributed by atoms with van der Waals surface area (Å²) in [6.07, 6.45) is 0. The van der Waals surface area contributed by atoms with Gasteiger partial charge in [0, 0.05) is 10.6 Å². The van der Waals surface area contributed by atoms with Crippen molar-refractivity contribution < 1.29 is 24.2 Å². The van der Waals surface area contributed by atoms with Crippen LogP contribution >= 0.6 is 22.9 Å². The van der Waals surface area contributed by atoms with Gasteiger partial charge in [0.1, 0.15) is 17.3 Å². The molecular weight excluding hydrogens is 488 g/mol. The van der Waals surface area contributed by atoms with E-state index in [1.165, 1.54) is 23.3 Å². The van der Waals surface area contributed by atoms with Crippen molar-refractivity contribution in [3.05, 3.63) is 88.5 Å². The predicted octanol–water partition coefficient (Wildman–Crippen LogP) is 5.59. The first kappa shape index (κ1) is 22.9. The van der Waals surface area contributed by atoms with Crippen LogP contribution in [0, 0.1) is 0 Å². The van der Waals surface area contributed by atoms with Gasteiger partial charge in [-0.25, -0.2) is 4.98 Å². The molecule has 1 fully saturated rings. The van der Waals surface area contributed by atoms with E-state index >= 15 is 0 Å². The van der Waals surface area contributed by atoms with E-state index in [0.717, 1.165) is 4.70 Å². The number of benzene rings is 3. The topological polar surface area (TPSA) is 89.0 Å². The number of aliphatic hydroxyl groups is 1. The number of rotatable bonds is 5. The minimum absolute atomic E-state index is 0.0284. The van der Waals surface area contributed by atoms with Gasteiger partial charge in [0.2, 0.25) is 0 Å². The monoisotopic (exact) mass is 506 g/mol. The Balaban J connectivity index is 1.69. The fourth-order valence-electron chi connectivity index (χ4n) is 4.02. The molecule has 0 radical (unpaired) electrons. The molecule has 176 valence electrons. The maximum atomic E-state index is 13.3. The standard InChI is InChI=1S/C26H19ClN2O5S/c1-33-17-9-5-15(6-10-17)23(30)21-22(14-3-7-16(27)8-4-14)29(25(32)24(21)31)26-28-19-12-11-18(34-2)13-20(19)35-26/h3-13,22,30H,1-2H3/b23-21+/t22-/m0/s1. The fraction of sp³-hybridized carbons (Fsp3) is 0.115. The van der Waals surface area contributed by atoms with Crippen LogP contribution in [0.1, 0.15) is 17.2 Å². The summed E-state index contributed by atoms with van der Waals surface area (Å²) < 4.78 is 11.3. The maximum absolute atomic E-state index is 13.3. The van der Waals surface area contributed by atoms with Gasteiger partial charge < -0.3 is 14.6 Å². The second-order valence-electron chi connectivity index (χ2n) is 7.78. The third-order valence-corrected chi connectivity index (χ3v) is 7.05. The number of halogens is 1. The van der Waals surface area contributed by atoms with Crippen molar-refractivity contribution in [1.29, 1.82) is 0 Å². The molecule has 1 aliphatic rings. The second kappa shape index (κ2) is 9.05. The number of carbonyl (C=O) groups is 2. The largest absolute Gasteiger partial charge is 0.507 e. The summed E-state index contributed by atoms with van der Waals surface area (Å²) in [5, 5.41) is 12.1. The molecule has 9 heteroatoms. The van der Waals surface area contributed by atoms with Gasteiger partial charge in [-0.05, 0) is 60.2 Å². The summed E-state index contributed by atoms with van der Waals surface area (Å²) in [5.74, 6) is -0.595. The van der Waals surface area contributed by atoms with Crippen LogP contribution in [0.25, 0.3) is 16.0 Å². The molecule has 4 aromatic rings. The van der Waals surface area contributed by atoms with Gasteiger partial charge in [0.25, 0.3) is 5.78 Å². The molecule has 1 atom stereocenters. The molecule has 3 aromatic carbocycles. The number of hydrogen-bond acceptors (Lipinski definition) is 7. The Morgan fingerprint density at radius 1 is 0.971 bits per heavy atom. The second-order valence-corrected chi connectivity index (χ2v) is 9.22. The highest BCUT2D eigenvalue weighted by molar-refractivity contribution is 7.22. The summed E-state index contributed by atoms with van der Waals surface area (Å²) in [4.78, 5) is 32.6. The molecule has 0 aliphatic carbocycles. The van der Waals surface area contributed by atoms with Crippen molar-refractivity contribution in [2.75, 3.05) is 19.1 Å².